The van der Waals surface area contributed by atoms with Crippen LogP contribution in [0.15, 0.2) is 30.5 Å². The molecule has 1 aliphatic rings. The second-order valence-electron chi connectivity index (χ2n) is 5.24. The van der Waals surface area contributed by atoms with Crippen LogP contribution in [-0.2, 0) is 12.8 Å². The first-order valence-corrected chi connectivity index (χ1v) is 6.95. The predicted octanol–water partition coefficient (Wildman–Crippen LogP) is 4.01. The van der Waals surface area contributed by atoms with E-state index in [2.05, 4.69) is 48.9 Å². The molecule has 0 saturated heterocycles. The van der Waals surface area contributed by atoms with Crippen molar-refractivity contribution in [3.8, 4) is 11.3 Å². The van der Waals surface area contributed by atoms with Gasteiger partial charge in [0.2, 0.25) is 0 Å². The number of imidazole rings is 1. The summed E-state index contributed by atoms with van der Waals surface area (Å²) in [5.74, 6) is 1.25. The minimum atomic E-state index is 0.602. The molecule has 0 bridgehead atoms. The van der Waals surface area contributed by atoms with Gasteiger partial charge in [-0.25, -0.2) is 4.98 Å². The lowest BCUT2D eigenvalue weighted by Crippen LogP contribution is -2.14. The molecule has 0 amide bonds. The Balaban J connectivity index is 1.96. The Bertz CT molecular complexity index is 537. The summed E-state index contributed by atoms with van der Waals surface area (Å²) in [4.78, 5) is 4.79. The summed E-state index contributed by atoms with van der Waals surface area (Å²) in [5.41, 5.74) is 3.75. The van der Waals surface area contributed by atoms with Gasteiger partial charge in [-0.05, 0) is 31.7 Å². The third-order valence-electron chi connectivity index (χ3n) is 3.96. The van der Waals surface area contributed by atoms with Crippen molar-refractivity contribution < 1.29 is 0 Å². The molecule has 0 aliphatic carbocycles. The molecule has 1 aromatic heterocycles. The van der Waals surface area contributed by atoms with Crippen molar-refractivity contribution in [3.05, 3.63) is 41.9 Å². The summed E-state index contributed by atoms with van der Waals surface area (Å²) >= 11 is 0. The minimum Gasteiger partial charge on any atom is -0.331 e. The Morgan fingerprint density at radius 2 is 2.06 bits per heavy atom. The van der Waals surface area contributed by atoms with Crippen LogP contribution in [0.4, 0.5) is 0 Å². The van der Waals surface area contributed by atoms with Gasteiger partial charge in [-0.2, -0.15) is 0 Å². The van der Waals surface area contributed by atoms with Crippen LogP contribution in [0.5, 0.6) is 0 Å². The summed E-state index contributed by atoms with van der Waals surface area (Å²) in [6, 6.07) is 9.40. The van der Waals surface area contributed by atoms with Crippen LogP contribution >= 0.6 is 0 Å². The number of aromatic nitrogens is 2. The van der Waals surface area contributed by atoms with Gasteiger partial charge < -0.3 is 4.57 Å². The van der Waals surface area contributed by atoms with Crippen LogP contribution < -0.4 is 0 Å². The lowest BCUT2D eigenvalue weighted by Gasteiger charge is -2.20. The molecule has 94 valence electrons. The molecule has 2 aromatic rings. The van der Waals surface area contributed by atoms with Crippen LogP contribution in [0.2, 0.25) is 0 Å². The van der Waals surface area contributed by atoms with Crippen LogP contribution in [0, 0.1) is 0 Å². The summed E-state index contributed by atoms with van der Waals surface area (Å²) in [6.07, 6.45) is 6.98. The van der Waals surface area contributed by atoms with Crippen molar-refractivity contribution in [1.29, 1.82) is 0 Å². The van der Waals surface area contributed by atoms with E-state index in [1.165, 1.54) is 29.8 Å². The third kappa shape index (κ3) is 1.96. The molecule has 0 saturated carbocycles. The highest BCUT2D eigenvalue weighted by Crippen LogP contribution is 2.28. The van der Waals surface area contributed by atoms with Gasteiger partial charge in [-0.15, -0.1) is 0 Å². The fourth-order valence-electron chi connectivity index (χ4n) is 2.74. The maximum Gasteiger partial charge on any atom is 0.109 e. The van der Waals surface area contributed by atoms with Crippen molar-refractivity contribution in [2.24, 2.45) is 0 Å². The Morgan fingerprint density at radius 1 is 1.28 bits per heavy atom. The first-order chi connectivity index (χ1) is 8.78. The van der Waals surface area contributed by atoms with Gasteiger partial charge in [0.1, 0.15) is 5.82 Å². The highest BCUT2D eigenvalue weighted by Gasteiger charge is 2.18. The normalized spacial score (nSPS) is 18.7. The van der Waals surface area contributed by atoms with E-state index in [9.17, 15) is 0 Å². The molecular weight excluding hydrogens is 220 g/mol. The lowest BCUT2D eigenvalue weighted by molar-refractivity contribution is 0.426. The standard InChI is InChI=1S/C16H20N2/c1-3-13-7-9-14(10-8-13)15-11-18-12(2)5-4-6-16(18)17-15/h7-12H,3-6H2,1-2H3. The first kappa shape index (κ1) is 11.5. The van der Waals surface area contributed by atoms with Crippen molar-refractivity contribution in [1.82, 2.24) is 9.55 Å². The number of aryl methyl sites for hydroxylation is 2. The second-order valence-corrected chi connectivity index (χ2v) is 5.24. The maximum atomic E-state index is 4.79. The van der Waals surface area contributed by atoms with Gasteiger partial charge in [-0.3, -0.25) is 0 Å². The maximum absolute atomic E-state index is 4.79. The number of rotatable bonds is 2. The van der Waals surface area contributed by atoms with Crippen LogP contribution in [0.3, 0.4) is 0 Å². The molecule has 2 nitrogen and oxygen atoms in total. The Morgan fingerprint density at radius 3 is 2.72 bits per heavy atom. The smallest absolute Gasteiger partial charge is 0.109 e. The van der Waals surface area contributed by atoms with E-state index in [-0.39, 0.29) is 0 Å². The average molecular weight is 240 g/mol. The minimum absolute atomic E-state index is 0.602. The van der Waals surface area contributed by atoms with Crippen molar-refractivity contribution in [2.75, 3.05) is 0 Å². The molecule has 1 atom stereocenters. The molecule has 0 fully saturated rings. The molecule has 2 heterocycles. The molecule has 0 N–H and O–H groups in total. The molecule has 0 spiro atoms. The molecule has 2 heteroatoms. The predicted molar refractivity (Wildman–Crippen MR) is 74.7 cm³/mol. The van der Waals surface area contributed by atoms with Gasteiger partial charge >= 0.3 is 0 Å². The summed E-state index contributed by atoms with van der Waals surface area (Å²) in [6.45, 7) is 4.47. The van der Waals surface area contributed by atoms with E-state index in [1.807, 2.05) is 0 Å². The zero-order valence-electron chi connectivity index (χ0n) is 11.2. The fraction of sp³-hybridized carbons (Fsp3) is 0.438. The van der Waals surface area contributed by atoms with Crippen LogP contribution in [0.25, 0.3) is 11.3 Å². The van der Waals surface area contributed by atoms with Gasteiger partial charge in [0.15, 0.2) is 0 Å². The lowest BCUT2D eigenvalue weighted by atomic mass is 10.1. The summed E-state index contributed by atoms with van der Waals surface area (Å²) in [5, 5.41) is 0. The number of hydrogen-bond donors (Lipinski definition) is 0. The Kier molecular flexibility index (Phi) is 2.94. The van der Waals surface area contributed by atoms with E-state index >= 15 is 0 Å². The van der Waals surface area contributed by atoms with E-state index in [4.69, 9.17) is 4.98 Å². The van der Waals surface area contributed by atoms with Crippen LogP contribution in [-0.4, -0.2) is 9.55 Å². The molecule has 1 unspecified atom stereocenters. The molecular formula is C16H20N2. The fourth-order valence-corrected chi connectivity index (χ4v) is 2.74. The highest BCUT2D eigenvalue weighted by molar-refractivity contribution is 5.59. The van der Waals surface area contributed by atoms with E-state index < -0.39 is 0 Å². The highest BCUT2D eigenvalue weighted by atomic mass is 15.1. The van der Waals surface area contributed by atoms with Crippen molar-refractivity contribution >= 4 is 0 Å². The zero-order chi connectivity index (χ0) is 12.5. The topological polar surface area (TPSA) is 17.8 Å². The molecule has 18 heavy (non-hydrogen) atoms. The van der Waals surface area contributed by atoms with E-state index in [0.29, 0.717) is 6.04 Å². The van der Waals surface area contributed by atoms with Gasteiger partial charge in [0, 0.05) is 24.2 Å². The summed E-state index contributed by atoms with van der Waals surface area (Å²) in [7, 11) is 0. The largest absolute Gasteiger partial charge is 0.331 e. The first-order valence-electron chi connectivity index (χ1n) is 6.95. The zero-order valence-corrected chi connectivity index (χ0v) is 11.2. The number of hydrogen-bond acceptors (Lipinski definition) is 1. The second kappa shape index (κ2) is 4.60. The number of benzene rings is 1. The van der Waals surface area contributed by atoms with Gasteiger partial charge in [0.25, 0.3) is 0 Å². The number of nitrogens with zero attached hydrogens (tertiary/aromatic N) is 2. The SMILES string of the molecule is CCc1ccc(-c2cn3c(n2)CCCC3C)cc1. The Labute approximate surface area is 109 Å². The third-order valence-corrected chi connectivity index (χ3v) is 3.96. The van der Waals surface area contributed by atoms with Gasteiger partial charge in [0.05, 0.1) is 5.69 Å². The van der Waals surface area contributed by atoms with Crippen LogP contribution in [0.1, 0.15) is 44.1 Å². The molecule has 3 rings (SSSR count). The number of fused-ring (bicyclic) bond motifs is 1. The summed E-state index contributed by atoms with van der Waals surface area (Å²) < 4.78 is 2.35. The van der Waals surface area contributed by atoms with Gasteiger partial charge in [-0.1, -0.05) is 31.2 Å². The molecule has 0 radical (unpaired) electrons. The van der Waals surface area contributed by atoms with E-state index in [0.717, 1.165) is 18.5 Å². The quantitative estimate of drug-likeness (QED) is 0.775. The molecule has 1 aliphatic heterocycles. The average Bonchev–Trinajstić information content (AvgIpc) is 2.84. The van der Waals surface area contributed by atoms with Crippen molar-refractivity contribution in [3.63, 3.8) is 0 Å². The van der Waals surface area contributed by atoms with Crippen molar-refractivity contribution in [2.45, 2.75) is 45.6 Å². The molecule has 1 aromatic carbocycles. The Hall–Kier alpha value is -1.57. The monoisotopic (exact) mass is 240 g/mol. The van der Waals surface area contributed by atoms with E-state index in [1.54, 1.807) is 0 Å².